The Balaban J connectivity index is 1.53. The topological polar surface area (TPSA) is 56.2 Å². The largest absolute Gasteiger partial charge is 0.495 e. The highest BCUT2D eigenvalue weighted by atomic mass is 16.5. The molecule has 6 heteroatoms. The Morgan fingerprint density at radius 2 is 1.79 bits per heavy atom. The van der Waals surface area contributed by atoms with Crippen molar-refractivity contribution in [2.24, 2.45) is 0 Å². The fourth-order valence-electron chi connectivity index (χ4n) is 3.31. The number of benzene rings is 2. The molecule has 0 aliphatic carbocycles. The lowest BCUT2D eigenvalue weighted by molar-refractivity contribution is -0.153. The van der Waals surface area contributed by atoms with E-state index in [-0.39, 0.29) is 0 Å². The second-order valence-corrected chi connectivity index (χ2v) is 6.87. The Hall–Kier alpha value is -2.83. The van der Waals surface area contributed by atoms with Crippen LogP contribution in [0.4, 0.5) is 5.69 Å². The van der Waals surface area contributed by atoms with Crippen LogP contribution < -0.4 is 9.64 Å². The number of hydrogen-bond acceptors (Lipinski definition) is 5. The number of carbonyl (C=O) groups is 1. The summed E-state index contributed by atoms with van der Waals surface area (Å²) in [7, 11) is 3.02. The van der Waals surface area contributed by atoms with Crippen molar-refractivity contribution >= 4 is 17.7 Å². The van der Waals surface area contributed by atoms with Crippen LogP contribution in [0.3, 0.4) is 0 Å². The van der Waals surface area contributed by atoms with Crippen LogP contribution in [0.1, 0.15) is 11.1 Å². The number of carbonyl (C=O) groups excluding carboxylic acids is 1. The molecule has 6 nitrogen and oxygen atoms in total. The van der Waals surface area contributed by atoms with E-state index in [0.717, 1.165) is 49.7 Å². The molecule has 0 radical (unpaired) electrons. The van der Waals surface area contributed by atoms with E-state index in [0.29, 0.717) is 5.06 Å². The average Bonchev–Trinajstić information content (AvgIpc) is 2.73. The number of para-hydroxylation sites is 2. The van der Waals surface area contributed by atoms with Gasteiger partial charge in [-0.2, -0.15) is 0 Å². The first-order valence-electron chi connectivity index (χ1n) is 9.41. The molecule has 1 heterocycles. The number of amides is 1. The maximum Gasteiger partial charge on any atom is 0.269 e. The lowest BCUT2D eigenvalue weighted by atomic mass is 10.1. The molecule has 0 spiro atoms. The third-order valence-corrected chi connectivity index (χ3v) is 4.92. The Bertz CT molecular complexity index is 810. The van der Waals surface area contributed by atoms with Crippen LogP contribution in [0.25, 0.3) is 6.08 Å². The summed E-state index contributed by atoms with van der Waals surface area (Å²) >= 11 is 0. The molecular formula is C22H27N3O3. The standard InChI is InChI=1S/C22H27N3O3/c1-23(27)22(26)12-11-18-7-9-19(10-8-18)17-24-13-15-25(16-14-24)20-5-3-4-6-21(20)28-2/h3-12,27H,13-17H2,1-2H3. The molecule has 1 aliphatic rings. The van der Waals surface area contributed by atoms with Crippen molar-refractivity contribution in [1.29, 1.82) is 0 Å². The van der Waals surface area contributed by atoms with Gasteiger partial charge in [-0.05, 0) is 29.3 Å². The summed E-state index contributed by atoms with van der Waals surface area (Å²) in [5.74, 6) is 0.475. The average molecular weight is 381 g/mol. The molecule has 1 fully saturated rings. The van der Waals surface area contributed by atoms with E-state index in [9.17, 15) is 4.79 Å². The van der Waals surface area contributed by atoms with Crippen LogP contribution >= 0.6 is 0 Å². The molecule has 3 rings (SSSR count). The highest BCUT2D eigenvalue weighted by Gasteiger charge is 2.19. The van der Waals surface area contributed by atoms with Crippen LogP contribution in [-0.4, -0.2) is 61.4 Å². The maximum absolute atomic E-state index is 11.4. The van der Waals surface area contributed by atoms with Crippen molar-refractivity contribution in [3.8, 4) is 5.75 Å². The predicted octanol–water partition coefficient (Wildman–Crippen LogP) is 2.88. The zero-order valence-corrected chi connectivity index (χ0v) is 16.4. The van der Waals surface area contributed by atoms with Gasteiger partial charge in [-0.15, -0.1) is 0 Å². The highest BCUT2D eigenvalue weighted by molar-refractivity contribution is 5.90. The predicted molar refractivity (Wildman–Crippen MR) is 111 cm³/mol. The molecule has 0 bridgehead atoms. The molecule has 2 aromatic rings. The number of piperazine rings is 1. The number of likely N-dealkylation sites (N-methyl/N-ethyl adjacent to an activating group) is 1. The first-order valence-corrected chi connectivity index (χ1v) is 9.41. The summed E-state index contributed by atoms with van der Waals surface area (Å²) in [6.45, 7) is 4.84. The third kappa shape index (κ3) is 5.12. The monoisotopic (exact) mass is 381 g/mol. The number of nitrogens with zero attached hydrogens (tertiary/aromatic N) is 3. The molecule has 28 heavy (non-hydrogen) atoms. The van der Waals surface area contributed by atoms with E-state index in [1.807, 2.05) is 30.3 Å². The summed E-state index contributed by atoms with van der Waals surface area (Å²) in [6, 6.07) is 16.3. The van der Waals surface area contributed by atoms with Crippen LogP contribution in [0.2, 0.25) is 0 Å². The van der Waals surface area contributed by atoms with Gasteiger partial charge in [0.25, 0.3) is 5.91 Å². The highest BCUT2D eigenvalue weighted by Crippen LogP contribution is 2.28. The molecule has 1 aliphatic heterocycles. The van der Waals surface area contributed by atoms with Crippen LogP contribution in [0.5, 0.6) is 5.75 Å². The summed E-state index contributed by atoms with van der Waals surface area (Å²) in [5.41, 5.74) is 3.33. The third-order valence-electron chi connectivity index (χ3n) is 4.92. The summed E-state index contributed by atoms with van der Waals surface area (Å²) < 4.78 is 5.48. The Kier molecular flexibility index (Phi) is 6.68. The minimum Gasteiger partial charge on any atom is -0.495 e. The van der Waals surface area contributed by atoms with E-state index >= 15 is 0 Å². The van der Waals surface area contributed by atoms with Gasteiger partial charge < -0.3 is 9.64 Å². The molecule has 2 aromatic carbocycles. The van der Waals surface area contributed by atoms with Gasteiger partial charge >= 0.3 is 0 Å². The summed E-state index contributed by atoms with van der Waals surface area (Å²) in [4.78, 5) is 16.2. The number of anilines is 1. The van der Waals surface area contributed by atoms with Crippen molar-refractivity contribution in [2.45, 2.75) is 6.54 Å². The van der Waals surface area contributed by atoms with E-state index in [1.54, 1.807) is 13.2 Å². The quantitative estimate of drug-likeness (QED) is 0.474. The lowest BCUT2D eigenvalue weighted by Crippen LogP contribution is -2.46. The van der Waals surface area contributed by atoms with E-state index in [2.05, 4.69) is 28.0 Å². The zero-order valence-electron chi connectivity index (χ0n) is 16.4. The molecule has 1 saturated heterocycles. The van der Waals surface area contributed by atoms with Gasteiger partial charge in [0.05, 0.1) is 12.8 Å². The van der Waals surface area contributed by atoms with Crippen LogP contribution in [0, 0.1) is 0 Å². The molecule has 1 amide bonds. The van der Waals surface area contributed by atoms with Gasteiger partial charge in [-0.1, -0.05) is 36.4 Å². The Labute approximate surface area is 166 Å². The molecule has 148 valence electrons. The summed E-state index contributed by atoms with van der Waals surface area (Å²) in [5, 5.41) is 9.63. The van der Waals surface area contributed by atoms with E-state index in [1.165, 1.54) is 18.7 Å². The number of rotatable bonds is 6. The van der Waals surface area contributed by atoms with Crippen molar-refractivity contribution < 1.29 is 14.7 Å². The molecule has 0 unspecified atom stereocenters. The van der Waals surface area contributed by atoms with E-state index in [4.69, 9.17) is 9.94 Å². The van der Waals surface area contributed by atoms with Gasteiger partial charge in [0.1, 0.15) is 5.75 Å². The SMILES string of the molecule is COc1ccccc1N1CCN(Cc2ccc(C=CC(=O)N(C)O)cc2)CC1. The molecule has 0 aromatic heterocycles. The van der Waals surface area contributed by atoms with Gasteiger partial charge in [-0.3, -0.25) is 14.9 Å². The minimum atomic E-state index is -0.447. The Morgan fingerprint density at radius 3 is 2.43 bits per heavy atom. The second-order valence-electron chi connectivity index (χ2n) is 6.87. The normalized spacial score (nSPS) is 15.0. The first kappa shape index (κ1) is 19.9. The zero-order chi connectivity index (χ0) is 19.9. The Morgan fingerprint density at radius 1 is 1.11 bits per heavy atom. The fraction of sp³-hybridized carbons (Fsp3) is 0.318. The molecule has 0 saturated carbocycles. The lowest BCUT2D eigenvalue weighted by Gasteiger charge is -2.36. The van der Waals surface area contributed by atoms with Crippen molar-refractivity contribution in [3.05, 3.63) is 65.7 Å². The number of ether oxygens (including phenoxy) is 1. The number of hydrogen-bond donors (Lipinski definition) is 1. The van der Waals surface area contributed by atoms with Crippen molar-refractivity contribution in [2.75, 3.05) is 45.2 Å². The fourth-order valence-corrected chi connectivity index (χ4v) is 3.31. The van der Waals surface area contributed by atoms with Gasteiger partial charge in [0.15, 0.2) is 0 Å². The van der Waals surface area contributed by atoms with Crippen LogP contribution in [-0.2, 0) is 11.3 Å². The number of hydroxylamine groups is 2. The van der Waals surface area contributed by atoms with Gasteiger partial charge in [0.2, 0.25) is 0 Å². The molecular weight excluding hydrogens is 354 g/mol. The summed E-state index contributed by atoms with van der Waals surface area (Å²) in [6.07, 6.45) is 3.05. The van der Waals surface area contributed by atoms with E-state index < -0.39 is 5.91 Å². The molecule has 0 atom stereocenters. The van der Waals surface area contributed by atoms with Crippen LogP contribution in [0.15, 0.2) is 54.6 Å². The van der Waals surface area contributed by atoms with Gasteiger partial charge in [-0.25, -0.2) is 5.06 Å². The maximum atomic E-state index is 11.4. The van der Waals surface area contributed by atoms with Crippen molar-refractivity contribution in [3.63, 3.8) is 0 Å². The number of methoxy groups -OCH3 is 1. The van der Waals surface area contributed by atoms with Crippen molar-refractivity contribution in [1.82, 2.24) is 9.96 Å². The first-order chi connectivity index (χ1) is 13.6. The minimum absolute atomic E-state index is 0.447. The van der Waals surface area contributed by atoms with Gasteiger partial charge in [0, 0.05) is 45.8 Å². The second kappa shape index (κ2) is 9.39. The smallest absolute Gasteiger partial charge is 0.269 e. The molecule has 1 N–H and O–H groups in total.